The molecule has 0 radical (unpaired) electrons. The Hall–Kier alpha value is -1.40. The predicted molar refractivity (Wildman–Crippen MR) is 95.0 cm³/mol. The number of hydrogen-bond acceptors (Lipinski definition) is 4. The van der Waals surface area contributed by atoms with Crippen LogP contribution in [0.1, 0.15) is 31.2 Å². The summed E-state index contributed by atoms with van der Waals surface area (Å²) in [4.78, 5) is 23.1. The molecule has 6 heteroatoms. The van der Waals surface area contributed by atoms with Gasteiger partial charge in [0.15, 0.2) is 0 Å². The number of esters is 1. The summed E-state index contributed by atoms with van der Waals surface area (Å²) in [6, 6.07) is 10.5. The molecule has 2 heterocycles. The number of carboxylic acid groups (broad SMARTS) is 1. The highest BCUT2D eigenvalue weighted by molar-refractivity contribution is 9.09. The molecule has 1 aromatic carbocycles. The first kappa shape index (κ1) is 18.9. The maximum absolute atomic E-state index is 12.2. The lowest BCUT2D eigenvalue weighted by molar-refractivity contribution is -0.150. The zero-order valence-corrected chi connectivity index (χ0v) is 15.3. The lowest BCUT2D eigenvalue weighted by Gasteiger charge is -2.36. The number of piperidine rings is 1. The zero-order valence-electron chi connectivity index (χ0n) is 13.7. The standard InChI is InChI=1S/C17H22BrNO2.CH2O2/c18-9-6-15-12-17(16(20)21-15)7-10-19(11-8-17)13-14-4-2-1-3-5-14;2-1-3/h1-5,15H,6-13H2;1H,(H,2,3). The van der Waals surface area contributed by atoms with E-state index in [1.54, 1.807) is 0 Å². The number of halogens is 1. The topological polar surface area (TPSA) is 66.8 Å². The van der Waals surface area contributed by atoms with Crippen LogP contribution in [-0.2, 0) is 20.9 Å². The highest BCUT2D eigenvalue weighted by Gasteiger charge is 2.49. The maximum atomic E-state index is 12.2. The zero-order chi connectivity index (χ0) is 17.4. The molecule has 132 valence electrons. The number of nitrogens with zero attached hydrogens (tertiary/aromatic N) is 1. The number of carbonyl (C=O) groups is 2. The van der Waals surface area contributed by atoms with Crippen LogP contribution in [0.2, 0.25) is 0 Å². The quantitative estimate of drug-likeness (QED) is 0.480. The fourth-order valence-corrected chi connectivity index (χ4v) is 4.02. The summed E-state index contributed by atoms with van der Waals surface area (Å²) in [6.07, 6.45) is 3.85. The first-order chi connectivity index (χ1) is 11.6. The van der Waals surface area contributed by atoms with E-state index in [-0.39, 0.29) is 24.0 Å². The molecule has 2 aliphatic heterocycles. The molecule has 3 rings (SSSR count). The Balaban J connectivity index is 0.000000647. The van der Waals surface area contributed by atoms with Gasteiger partial charge in [-0.3, -0.25) is 14.5 Å². The normalized spacial score (nSPS) is 22.5. The smallest absolute Gasteiger partial charge is 0.312 e. The number of cyclic esters (lactones) is 1. The van der Waals surface area contributed by atoms with Crippen molar-refractivity contribution >= 4 is 28.4 Å². The third kappa shape index (κ3) is 4.80. The third-order valence-electron chi connectivity index (χ3n) is 4.82. The monoisotopic (exact) mass is 397 g/mol. The highest BCUT2D eigenvalue weighted by atomic mass is 79.9. The molecule has 24 heavy (non-hydrogen) atoms. The summed E-state index contributed by atoms with van der Waals surface area (Å²) < 4.78 is 5.56. The molecule has 2 aliphatic rings. The van der Waals surface area contributed by atoms with Crippen LogP contribution < -0.4 is 0 Å². The molecule has 1 unspecified atom stereocenters. The molecule has 5 nitrogen and oxygen atoms in total. The molecule has 1 N–H and O–H groups in total. The van der Waals surface area contributed by atoms with Gasteiger partial charge < -0.3 is 9.84 Å². The van der Waals surface area contributed by atoms with Crippen molar-refractivity contribution in [3.05, 3.63) is 35.9 Å². The van der Waals surface area contributed by atoms with Crippen molar-refractivity contribution in [3.8, 4) is 0 Å². The van der Waals surface area contributed by atoms with Gasteiger partial charge in [-0.05, 0) is 37.9 Å². The van der Waals surface area contributed by atoms with Gasteiger partial charge in [0, 0.05) is 18.3 Å². The van der Waals surface area contributed by atoms with Crippen LogP contribution in [0.4, 0.5) is 0 Å². The van der Waals surface area contributed by atoms with E-state index in [1.807, 2.05) is 6.07 Å². The van der Waals surface area contributed by atoms with E-state index in [0.717, 1.165) is 50.6 Å². The molecular weight excluding hydrogens is 374 g/mol. The molecule has 1 atom stereocenters. The van der Waals surface area contributed by atoms with Gasteiger partial charge in [0.1, 0.15) is 6.10 Å². The molecule has 0 bridgehead atoms. The van der Waals surface area contributed by atoms with E-state index in [1.165, 1.54) is 5.56 Å². The number of carbonyl (C=O) groups excluding carboxylic acids is 1. The lowest BCUT2D eigenvalue weighted by atomic mass is 9.76. The second-order valence-corrected chi connectivity index (χ2v) is 7.15. The molecule has 0 saturated carbocycles. The molecule has 1 spiro atoms. The number of rotatable bonds is 4. The number of hydrogen-bond donors (Lipinski definition) is 1. The van der Waals surface area contributed by atoms with Crippen LogP contribution in [0.25, 0.3) is 0 Å². The number of ether oxygens (including phenoxy) is 1. The first-order valence-electron chi connectivity index (χ1n) is 8.25. The van der Waals surface area contributed by atoms with Crippen LogP contribution in [0.5, 0.6) is 0 Å². The summed E-state index contributed by atoms with van der Waals surface area (Å²) in [5, 5.41) is 7.79. The second kappa shape index (κ2) is 9.18. The summed E-state index contributed by atoms with van der Waals surface area (Å²) in [6.45, 7) is 2.72. The van der Waals surface area contributed by atoms with E-state index in [9.17, 15) is 4.79 Å². The van der Waals surface area contributed by atoms with Crippen molar-refractivity contribution in [1.29, 1.82) is 0 Å². The molecule has 0 aliphatic carbocycles. The average molecular weight is 398 g/mol. The largest absolute Gasteiger partial charge is 0.483 e. The fraction of sp³-hybridized carbons (Fsp3) is 0.556. The summed E-state index contributed by atoms with van der Waals surface area (Å²) in [7, 11) is 0. The van der Waals surface area contributed by atoms with E-state index >= 15 is 0 Å². The van der Waals surface area contributed by atoms with E-state index in [0.29, 0.717) is 0 Å². The van der Waals surface area contributed by atoms with E-state index in [4.69, 9.17) is 14.6 Å². The number of likely N-dealkylation sites (tertiary alicyclic amines) is 1. The Morgan fingerprint density at radius 1 is 1.29 bits per heavy atom. The average Bonchev–Trinajstić information content (AvgIpc) is 2.87. The van der Waals surface area contributed by atoms with Crippen LogP contribution in [0, 0.1) is 5.41 Å². The van der Waals surface area contributed by atoms with Gasteiger partial charge >= 0.3 is 5.97 Å². The predicted octanol–water partition coefficient (Wildman–Crippen LogP) is 3.07. The third-order valence-corrected chi connectivity index (χ3v) is 5.28. The van der Waals surface area contributed by atoms with Crippen LogP contribution in [-0.4, -0.2) is 47.0 Å². The minimum atomic E-state index is -0.250. The van der Waals surface area contributed by atoms with Crippen molar-refractivity contribution in [2.24, 2.45) is 5.41 Å². The fourth-order valence-electron chi connectivity index (χ4n) is 3.51. The molecule has 0 aromatic heterocycles. The Morgan fingerprint density at radius 2 is 1.92 bits per heavy atom. The second-order valence-electron chi connectivity index (χ2n) is 6.36. The molecule has 0 amide bonds. The van der Waals surface area contributed by atoms with E-state index in [2.05, 4.69) is 45.1 Å². The summed E-state index contributed by atoms with van der Waals surface area (Å²) in [5.74, 6) is 0.0489. The molecule has 2 saturated heterocycles. The Labute approximate surface area is 151 Å². The minimum absolute atomic E-state index is 0.0489. The van der Waals surface area contributed by atoms with Crippen molar-refractivity contribution in [2.45, 2.75) is 38.3 Å². The van der Waals surface area contributed by atoms with Gasteiger partial charge in [-0.15, -0.1) is 0 Å². The SMILES string of the molecule is O=C1OC(CCBr)CC12CCN(Cc1ccccc1)CC2.O=CO. The van der Waals surface area contributed by atoms with Crippen LogP contribution >= 0.6 is 15.9 Å². The van der Waals surface area contributed by atoms with Crippen molar-refractivity contribution in [1.82, 2.24) is 4.90 Å². The Bertz CT molecular complexity index is 529. The van der Waals surface area contributed by atoms with Crippen molar-refractivity contribution in [3.63, 3.8) is 0 Å². The Morgan fingerprint density at radius 3 is 2.50 bits per heavy atom. The van der Waals surface area contributed by atoms with Gasteiger partial charge in [-0.2, -0.15) is 0 Å². The van der Waals surface area contributed by atoms with Crippen molar-refractivity contribution < 1.29 is 19.4 Å². The lowest BCUT2D eigenvalue weighted by Crippen LogP contribution is -2.42. The molecular formula is C18H24BrNO4. The highest BCUT2D eigenvalue weighted by Crippen LogP contribution is 2.44. The maximum Gasteiger partial charge on any atom is 0.312 e. The summed E-state index contributed by atoms with van der Waals surface area (Å²) in [5.41, 5.74) is 1.15. The van der Waals surface area contributed by atoms with Gasteiger partial charge in [0.25, 0.3) is 6.47 Å². The number of benzene rings is 1. The molecule has 1 aromatic rings. The Kier molecular flexibility index (Phi) is 7.24. The minimum Gasteiger partial charge on any atom is -0.483 e. The summed E-state index contributed by atoms with van der Waals surface area (Å²) >= 11 is 3.44. The first-order valence-corrected chi connectivity index (χ1v) is 9.37. The number of alkyl halides is 1. The van der Waals surface area contributed by atoms with Crippen molar-refractivity contribution in [2.75, 3.05) is 18.4 Å². The van der Waals surface area contributed by atoms with Crippen LogP contribution in [0.3, 0.4) is 0 Å². The van der Waals surface area contributed by atoms with Crippen LogP contribution in [0.15, 0.2) is 30.3 Å². The van der Waals surface area contributed by atoms with Gasteiger partial charge in [-0.1, -0.05) is 46.3 Å². The van der Waals surface area contributed by atoms with Gasteiger partial charge in [-0.25, -0.2) is 0 Å². The van der Waals surface area contributed by atoms with Gasteiger partial charge in [0.05, 0.1) is 5.41 Å². The molecule has 2 fully saturated rings. The van der Waals surface area contributed by atoms with Gasteiger partial charge in [0.2, 0.25) is 0 Å². The van der Waals surface area contributed by atoms with E-state index < -0.39 is 0 Å².